The summed E-state index contributed by atoms with van der Waals surface area (Å²) in [5, 5.41) is 1.32. The fourth-order valence-corrected chi connectivity index (χ4v) is 5.54. The predicted octanol–water partition coefficient (Wildman–Crippen LogP) is 4.45. The molecule has 0 saturated carbocycles. The Bertz CT molecular complexity index is 1040. The Morgan fingerprint density at radius 1 is 1.36 bits per heavy atom. The van der Waals surface area contributed by atoms with Crippen molar-refractivity contribution < 1.29 is 13.9 Å². The van der Waals surface area contributed by atoms with Crippen LogP contribution in [-0.4, -0.2) is 34.8 Å². The van der Waals surface area contributed by atoms with Gasteiger partial charge in [-0.2, -0.15) is 0 Å². The van der Waals surface area contributed by atoms with Gasteiger partial charge in [-0.25, -0.2) is 9.37 Å². The van der Waals surface area contributed by atoms with Crippen LogP contribution in [0.5, 0.6) is 0 Å². The molecular weight excluding hydrogens is 399 g/mol. The standard InChI is InChI=1S/C20H21FN2O3S2/c1-3-23-19(24)17-16(13-4-6-14(21)7-5-13)12(2)28-18(17)22-20(23)27-10-15-8-9-25-11-26-15/h4-7,15H,3,8-11H2,1-2H3/t15-/m0/s1. The number of benzene rings is 1. The van der Waals surface area contributed by atoms with Gasteiger partial charge in [0.15, 0.2) is 5.16 Å². The van der Waals surface area contributed by atoms with E-state index in [1.807, 2.05) is 13.8 Å². The molecule has 0 radical (unpaired) electrons. The van der Waals surface area contributed by atoms with Crippen molar-refractivity contribution in [1.82, 2.24) is 9.55 Å². The SMILES string of the molecule is CCn1c(SC[C@@H]2CCOCO2)nc2sc(C)c(-c3ccc(F)cc3)c2c1=O. The van der Waals surface area contributed by atoms with Crippen molar-refractivity contribution in [2.45, 2.75) is 38.1 Å². The maximum atomic E-state index is 13.3. The summed E-state index contributed by atoms with van der Waals surface area (Å²) < 4.78 is 25.9. The minimum absolute atomic E-state index is 0.0495. The topological polar surface area (TPSA) is 53.4 Å². The number of halogens is 1. The molecule has 5 nitrogen and oxygen atoms in total. The number of rotatable bonds is 5. The fraction of sp³-hybridized carbons (Fsp3) is 0.400. The number of hydrogen-bond acceptors (Lipinski definition) is 6. The molecule has 1 aromatic carbocycles. The summed E-state index contributed by atoms with van der Waals surface area (Å²) in [5.41, 5.74) is 1.64. The first-order valence-electron chi connectivity index (χ1n) is 9.20. The lowest BCUT2D eigenvalue weighted by atomic mass is 10.0. The quantitative estimate of drug-likeness (QED) is 0.451. The third-order valence-electron chi connectivity index (χ3n) is 4.77. The van der Waals surface area contributed by atoms with Crippen LogP contribution in [-0.2, 0) is 16.0 Å². The number of aromatic nitrogens is 2. The Labute approximate surface area is 170 Å². The average Bonchev–Trinajstić information content (AvgIpc) is 3.04. The highest BCUT2D eigenvalue weighted by molar-refractivity contribution is 7.99. The molecule has 3 aromatic rings. The van der Waals surface area contributed by atoms with E-state index in [4.69, 9.17) is 14.5 Å². The van der Waals surface area contributed by atoms with Crippen molar-refractivity contribution in [3.8, 4) is 11.1 Å². The van der Waals surface area contributed by atoms with Crippen molar-refractivity contribution >= 4 is 33.3 Å². The summed E-state index contributed by atoms with van der Waals surface area (Å²) in [4.78, 5) is 19.8. The molecule has 0 N–H and O–H groups in total. The molecule has 0 unspecified atom stereocenters. The lowest BCUT2D eigenvalue weighted by Gasteiger charge is -2.22. The number of hydrogen-bond donors (Lipinski definition) is 0. The van der Waals surface area contributed by atoms with Gasteiger partial charge in [0.1, 0.15) is 17.4 Å². The highest BCUT2D eigenvalue weighted by Gasteiger charge is 2.21. The van der Waals surface area contributed by atoms with Gasteiger partial charge in [-0.1, -0.05) is 23.9 Å². The van der Waals surface area contributed by atoms with Gasteiger partial charge >= 0.3 is 0 Å². The van der Waals surface area contributed by atoms with Crippen LogP contribution >= 0.6 is 23.1 Å². The van der Waals surface area contributed by atoms with E-state index in [0.717, 1.165) is 33.0 Å². The van der Waals surface area contributed by atoms with Gasteiger partial charge in [-0.05, 0) is 38.0 Å². The van der Waals surface area contributed by atoms with E-state index in [-0.39, 0.29) is 17.5 Å². The summed E-state index contributed by atoms with van der Waals surface area (Å²) in [6.07, 6.45) is 0.954. The number of aryl methyl sites for hydroxylation is 1. The third kappa shape index (κ3) is 3.74. The molecule has 28 heavy (non-hydrogen) atoms. The highest BCUT2D eigenvalue weighted by atomic mass is 32.2. The minimum atomic E-state index is -0.293. The number of thioether (sulfide) groups is 1. The molecule has 1 fully saturated rings. The van der Waals surface area contributed by atoms with Gasteiger partial charge in [0.05, 0.1) is 18.1 Å². The number of ether oxygens (including phenoxy) is 2. The lowest BCUT2D eigenvalue weighted by molar-refractivity contribution is -0.130. The van der Waals surface area contributed by atoms with Crippen molar-refractivity contribution in [2.75, 3.05) is 19.2 Å². The van der Waals surface area contributed by atoms with Crippen LogP contribution in [0.3, 0.4) is 0 Å². The van der Waals surface area contributed by atoms with Crippen LogP contribution < -0.4 is 5.56 Å². The van der Waals surface area contributed by atoms with E-state index in [2.05, 4.69) is 0 Å². The van der Waals surface area contributed by atoms with Gasteiger partial charge in [-0.15, -0.1) is 11.3 Å². The number of fused-ring (bicyclic) bond motifs is 1. The van der Waals surface area contributed by atoms with Gasteiger partial charge in [0, 0.05) is 22.7 Å². The zero-order valence-corrected chi connectivity index (χ0v) is 17.4. The molecule has 1 aliphatic rings. The van der Waals surface area contributed by atoms with Crippen molar-refractivity contribution in [2.24, 2.45) is 0 Å². The molecule has 0 amide bonds. The molecule has 2 aromatic heterocycles. The molecule has 0 bridgehead atoms. The Hall–Kier alpha value is -1.74. The molecule has 1 atom stereocenters. The fourth-order valence-electron chi connectivity index (χ4n) is 3.33. The lowest BCUT2D eigenvalue weighted by Crippen LogP contribution is -2.27. The molecule has 0 spiro atoms. The first-order valence-corrected chi connectivity index (χ1v) is 11.0. The molecule has 4 rings (SSSR count). The van der Waals surface area contributed by atoms with Gasteiger partial charge in [-0.3, -0.25) is 9.36 Å². The van der Waals surface area contributed by atoms with Crippen LogP contribution in [0.15, 0.2) is 34.2 Å². The van der Waals surface area contributed by atoms with Crippen molar-refractivity contribution in [3.05, 3.63) is 45.3 Å². The van der Waals surface area contributed by atoms with E-state index in [1.165, 1.54) is 23.5 Å². The first kappa shape index (κ1) is 19.6. The van der Waals surface area contributed by atoms with Crippen LogP contribution in [0.25, 0.3) is 21.3 Å². The normalized spacial score (nSPS) is 17.3. The summed E-state index contributed by atoms with van der Waals surface area (Å²) in [6.45, 7) is 5.48. The van der Waals surface area contributed by atoms with E-state index in [1.54, 1.807) is 28.5 Å². The van der Waals surface area contributed by atoms with Gasteiger partial charge in [0.2, 0.25) is 0 Å². The average molecular weight is 421 g/mol. The molecule has 1 saturated heterocycles. The Kier molecular flexibility index (Phi) is 5.82. The predicted molar refractivity (Wildman–Crippen MR) is 111 cm³/mol. The molecule has 1 aliphatic heterocycles. The van der Waals surface area contributed by atoms with Crippen LogP contribution in [0.1, 0.15) is 18.2 Å². The summed E-state index contributed by atoms with van der Waals surface area (Å²) in [7, 11) is 0. The van der Waals surface area contributed by atoms with E-state index in [9.17, 15) is 9.18 Å². The maximum Gasteiger partial charge on any atom is 0.263 e. The Morgan fingerprint density at radius 2 is 2.14 bits per heavy atom. The Morgan fingerprint density at radius 3 is 2.82 bits per heavy atom. The third-order valence-corrected chi connectivity index (χ3v) is 6.88. The van der Waals surface area contributed by atoms with Crippen molar-refractivity contribution in [3.63, 3.8) is 0 Å². The smallest absolute Gasteiger partial charge is 0.263 e. The zero-order valence-electron chi connectivity index (χ0n) is 15.7. The number of thiophene rings is 1. The summed E-state index contributed by atoms with van der Waals surface area (Å²) in [5.74, 6) is 0.440. The maximum absolute atomic E-state index is 13.3. The largest absolute Gasteiger partial charge is 0.355 e. The second-order valence-corrected chi connectivity index (χ2v) is 8.77. The molecular formula is C20H21FN2O3S2. The molecule has 8 heteroatoms. The monoisotopic (exact) mass is 420 g/mol. The van der Waals surface area contributed by atoms with Crippen LogP contribution in [0.2, 0.25) is 0 Å². The first-order chi connectivity index (χ1) is 13.6. The van der Waals surface area contributed by atoms with E-state index >= 15 is 0 Å². The molecule has 3 heterocycles. The highest BCUT2D eigenvalue weighted by Crippen LogP contribution is 2.36. The second kappa shape index (κ2) is 8.32. The molecule has 0 aliphatic carbocycles. The van der Waals surface area contributed by atoms with E-state index < -0.39 is 0 Å². The number of nitrogens with zero attached hydrogens (tertiary/aromatic N) is 2. The molecule has 148 valence electrons. The van der Waals surface area contributed by atoms with Crippen LogP contribution in [0, 0.1) is 12.7 Å². The summed E-state index contributed by atoms with van der Waals surface area (Å²) in [6, 6.07) is 6.26. The second-order valence-electron chi connectivity index (χ2n) is 6.58. The van der Waals surface area contributed by atoms with Gasteiger partial charge < -0.3 is 9.47 Å². The minimum Gasteiger partial charge on any atom is -0.355 e. The van der Waals surface area contributed by atoms with Crippen LogP contribution in [0.4, 0.5) is 4.39 Å². The Balaban J connectivity index is 1.75. The van der Waals surface area contributed by atoms with Crippen molar-refractivity contribution in [1.29, 1.82) is 0 Å². The van der Waals surface area contributed by atoms with Gasteiger partial charge in [0.25, 0.3) is 5.56 Å². The zero-order chi connectivity index (χ0) is 19.7. The summed E-state index contributed by atoms with van der Waals surface area (Å²) >= 11 is 3.05. The van der Waals surface area contributed by atoms with E-state index in [0.29, 0.717) is 30.5 Å².